The van der Waals surface area contributed by atoms with Crippen molar-refractivity contribution in [2.75, 3.05) is 12.4 Å². The topological polar surface area (TPSA) is 54.0 Å². The molecular formula is C16H18FN3O. The molecule has 1 aromatic carbocycles. The molecule has 4 nitrogen and oxygen atoms in total. The van der Waals surface area contributed by atoms with E-state index in [1.54, 1.807) is 19.3 Å². The molecule has 0 aliphatic carbocycles. The first-order chi connectivity index (χ1) is 10.0. The molecule has 2 rings (SSSR count). The van der Waals surface area contributed by atoms with Crippen molar-refractivity contribution in [2.24, 2.45) is 0 Å². The first kappa shape index (κ1) is 15.0. The minimum absolute atomic E-state index is 0.119. The number of hydrogen-bond acceptors (Lipinski definition) is 3. The van der Waals surface area contributed by atoms with Gasteiger partial charge in [-0.05, 0) is 43.2 Å². The van der Waals surface area contributed by atoms with E-state index in [0.29, 0.717) is 5.56 Å². The Morgan fingerprint density at radius 3 is 2.76 bits per heavy atom. The lowest BCUT2D eigenvalue weighted by atomic mass is 10.0. The number of aromatic nitrogens is 1. The molecule has 1 atom stereocenters. The molecule has 2 N–H and O–H groups in total. The Bertz CT molecular complexity index is 658. The van der Waals surface area contributed by atoms with Crippen LogP contribution in [0.3, 0.4) is 0 Å². The smallest absolute Gasteiger partial charge is 0.251 e. The Hall–Kier alpha value is -2.43. The molecule has 1 heterocycles. The lowest BCUT2D eigenvalue weighted by molar-refractivity contribution is 0.0962. The molecule has 0 saturated carbocycles. The second kappa shape index (κ2) is 6.35. The second-order valence-electron chi connectivity index (χ2n) is 4.86. The van der Waals surface area contributed by atoms with Crippen LogP contribution in [0.25, 0.3) is 0 Å². The Balaban J connectivity index is 2.25. The van der Waals surface area contributed by atoms with Crippen molar-refractivity contribution in [1.29, 1.82) is 0 Å². The van der Waals surface area contributed by atoms with Gasteiger partial charge in [0, 0.05) is 24.5 Å². The van der Waals surface area contributed by atoms with E-state index in [9.17, 15) is 9.18 Å². The fourth-order valence-electron chi connectivity index (χ4n) is 2.15. The van der Waals surface area contributed by atoms with Gasteiger partial charge in [0.05, 0.1) is 12.2 Å². The molecule has 0 aliphatic heterocycles. The van der Waals surface area contributed by atoms with E-state index >= 15 is 0 Å². The molecule has 0 radical (unpaired) electrons. The number of rotatable bonds is 4. The Labute approximate surface area is 123 Å². The number of halogens is 1. The van der Waals surface area contributed by atoms with Crippen LogP contribution in [0.2, 0.25) is 0 Å². The Morgan fingerprint density at radius 1 is 1.33 bits per heavy atom. The molecule has 21 heavy (non-hydrogen) atoms. The summed E-state index contributed by atoms with van der Waals surface area (Å²) in [5, 5.41) is 5.90. The summed E-state index contributed by atoms with van der Waals surface area (Å²) >= 11 is 0. The molecule has 1 amide bonds. The fraction of sp³-hybridized carbons (Fsp3) is 0.250. The number of nitrogens with one attached hydrogen (secondary N) is 2. The first-order valence-corrected chi connectivity index (χ1v) is 6.71. The van der Waals surface area contributed by atoms with Gasteiger partial charge in [0.2, 0.25) is 0 Å². The van der Waals surface area contributed by atoms with Gasteiger partial charge in [-0.25, -0.2) is 4.39 Å². The van der Waals surface area contributed by atoms with E-state index in [4.69, 9.17) is 0 Å². The molecule has 1 aromatic heterocycles. The summed E-state index contributed by atoms with van der Waals surface area (Å²) in [4.78, 5) is 15.6. The van der Waals surface area contributed by atoms with E-state index in [1.807, 2.05) is 26.0 Å². The average molecular weight is 287 g/mol. The van der Waals surface area contributed by atoms with Crippen LogP contribution in [0.5, 0.6) is 0 Å². The first-order valence-electron chi connectivity index (χ1n) is 6.71. The van der Waals surface area contributed by atoms with Gasteiger partial charge < -0.3 is 10.6 Å². The monoisotopic (exact) mass is 287 g/mol. The molecule has 0 fully saturated rings. The highest BCUT2D eigenvalue weighted by Crippen LogP contribution is 2.24. The van der Waals surface area contributed by atoms with Crippen LogP contribution in [0.15, 0.2) is 36.7 Å². The van der Waals surface area contributed by atoms with Crippen LogP contribution < -0.4 is 10.6 Å². The van der Waals surface area contributed by atoms with E-state index in [0.717, 1.165) is 16.8 Å². The molecule has 0 spiro atoms. The normalized spacial score (nSPS) is 11.8. The maximum absolute atomic E-state index is 13.2. The third-order valence-corrected chi connectivity index (χ3v) is 3.40. The van der Waals surface area contributed by atoms with Crippen LogP contribution in [0, 0.1) is 12.7 Å². The number of carbonyl (C=O) groups excluding carboxylic acids is 1. The summed E-state index contributed by atoms with van der Waals surface area (Å²) in [6.07, 6.45) is 2.80. The van der Waals surface area contributed by atoms with Crippen LogP contribution in [0.1, 0.15) is 34.5 Å². The van der Waals surface area contributed by atoms with Gasteiger partial charge in [-0.3, -0.25) is 9.78 Å². The highest BCUT2D eigenvalue weighted by atomic mass is 19.1. The fourth-order valence-corrected chi connectivity index (χ4v) is 2.15. The van der Waals surface area contributed by atoms with E-state index in [-0.39, 0.29) is 17.8 Å². The van der Waals surface area contributed by atoms with Crippen LogP contribution in [-0.2, 0) is 0 Å². The zero-order chi connectivity index (χ0) is 15.4. The number of pyridine rings is 1. The number of anilines is 1. The van der Waals surface area contributed by atoms with Crippen molar-refractivity contribution in [1.82, 2.24) is 10.3 Å². The zero-order valence-electron chi connectivity index (χ0n) is 12.3. The second-order valence-corrected chi connectivity index (χ2v) is 4.86. The van der Waals surface area contributed by atoms with Gasteiger partial charge >= 0.3 is 0 Å². The van der Waals surface area contributed by atoms with Gasteiger partial charge in [0.1, 0.15) is 5.82 Å². The third kappa shape index (κ3) is 3.37. The van der Waals surface area contributed by atoms with Crippen LogP contribution in [-0.4, -0.2) is 17.9 Å². The highest BCUT2D eigenvalue weighted by molar-refractivity contribution is 5.96. The summed E-state index contributed by atoms with van der Waals surface area (Å²) in [5.74, 6) is -0.492. The van der Waals surface area contributed by atoms with Crippen molar-refractivity contribution in [3.63, 3.8) is 0 Å². The third-order valence-electron chi connectivity index (χ3n) is 3.40. The van der Waals surface area contributed by atoms with Gasteiger partial charge in [-0.2, -0.15) is 0 Å². The minimum Gasteiger partial charge on any atom is -0.378 e. The maximum atomic E-state index is 13.2. The number of amides is 1. The summed E-state index contributed by atoms with van der Waals surface area (Å²) in [6.45, 7) is 3.80. The lowest BCUT2D eigenvalue weighted by Gasteiger charge is -2.18. The van der Waals surface area contributed by atoms with E-state index in [1.165, 1.54) is 12.3 Å². The standard InChI is InChI=1S/C16H18FN3O/c1-10-14(16(21)18-3)5-4-6-15(10)20-11(2)12-7-13(17)9-19-8-12/h4-9,11,20H,1-3H3,(H,18,21). The molecule has 5 heteroatoms. The molecule has 0 aliphatic rings. The predicted molar refractivity (Wildman–Crippen MR) is 80.8 cm³/mol. The van der Waals surface area contributed by atoms with Crippen molar-refractivity contribution in [3.8, 4) is 0 Å². The van der Waals surface area contributed by atoms with Crippen molar-refractivity contribution >= 4 is 11.6 Å². The Kier molecular flexibility index (Phi) is 4.52. The molecule has 1 unspecified atom stereocenters. The number of carbonyl (C=O) groups is 1. The summed E-state index contributed by atoms with van der Waals surface area (Å²) in [6, 6.07) is 6.81. The van der Waals surface area contributed by atoms with E-state index in [2.05, 4.69) is 15.6 Å². The number of benzene rings is 1. The predicted octanol–water partition coefficient (Wildman–Crippen LogP) is 3.06. The molecule has 0 bridgehead atoms. The van der Waals surface area contributed by atoms with Gasteiger partial charge in [-0.1, -0.05) is 6.07 Å². The van der Waals surface area contributed by atoms with Crippen molar-refractivity contribution in [3.05, 3.63) is 59.2 Å². The number of hydrogen-bond donors (Lipinski definition) is 2. The molecule has 0 saturated heterocycles. The zero-order valence-corrected chi connectivity index (χ0v) is 12.3. The Morgan fingerprint density at radius 2 is 2.10 bits per heavy atom. The average Bonchev–Trinajstić information content (AvgIpc) is 2.48. The van der Waals surface area contributed by atoms with Gasteiger partial charge in [-0.15, -0.1) is 0 Å². The highest BCUT2D eigenvalue weighted by Gasteiger charge is 2.13. The quantitative estimate of drug-likeness (QED) is 0.908. The summed E-state index contributed by atoms with van der Waals surface area (Å²) in [5.41, 5.74) is 3.06. The summed E-state index contributed by atoms with van der Waals surface area (Å²) < 4.78 is 13.2. The van der Waals surface area contributed by atoms with Gasteiger partial charge in [0.25, 0.3) is 5.91 Å². The van der Waals surface area contributed by atoms with Crippen molar-refractivity contribution in [2.45, 2.75) is 19.9 Å². The molecule has 110 valence electrons. The largest absolute Gasteiger partial charge is 0.378 e. The maximum Gasteiger partial charge on any atom is 0.251 e. The van der Waals surface area contributed by atoms with E-state index < -0.39 is 0 Å². The van der Waals surface area contributed by atoms with Crippen molar-refractivity contribution < 1.29 is 9.18 Å². The van der Waals surface area contributed by atoms with Crippen LogP contribution in [0.4, 0.5) is 10.1 Å². The molecule has 2 aromatic rings. The minimum atomic E-state index is -0.364. The summed E-state index contributed by atoms with van der Waals surface area (Å²) in [7, 11) is 1.60. The molecular weight excluding hydrogens is 269 g/mol. The number of nitrogens with zero attached hydrogens (tertiary/aromatic N) is 1. The lowest BCUT2D eigenvalue weighted by Crippen LogP contribution is -2.19. The SMILES string of the molecule is CNC(=O)c1cccc(NC(C)c2cncc(F)c2)c1C. The van der Waals surface area contributed by atoms with Gasteiger partial charge in [0.15, 0.2) is 0 Å². The van der Waals surface area contributed by atoms with Crippen LogP contribution >= 0.6 is 0 Å².